The van der Waals surface area contributed by atoms with Gasteiger partial charge in [0.05, 0.1) is 6.42 Å². The number of rotatable bonds is 6. The molecule has 0 aliphatic carbocycles. The van der Waals surface area contributed by atoms with Crippen LogP contribution in [0, 0.1) is 0 Å². The molecule has 0 aliphatic rings. The molecule has 0 spiro atoms. The maximum absolute atomic E-state index is 12.1. The Morgan fingerprint density at radius 2 is 1.77 bits per heavy atom. The Kier molecular flexibility index (Phi) is 5.90. The van der Waals surface area contributed by atoms with E-state index in [9.17, 15) is 27.6 Å². The number of nitrogens with one attached hydrogen (secondary N) is 1. The van der Waals surface area contributed by atoms with Crippen LogP contribution in [-0.2, 0) is 25.7 Å². The van der Waals surface area contributed by atoms with Crippen molar-refractivity contribution in [2.45, 2.75) is 25.2 Å². The van der Waals surface area contributed by atoms with Crippen molar-refractivity contribution in [3.05, 3.63) is 35.9 Å². The maximum Gasteiger partial charge on any atom is 0.471 e. The number of amides is 1. The van der Waals surface area contributed by atoms with Gasteiger partial charge >= 0.3 is 24.0 Å². The summed E-state index contributed by atoms with van der Waals surface area (Å²) in [4.78, 5) is 33.0. The van der Waals surface area contributed by atoms with Crippen molar-refractivity contribution in [1.82, 2.24) is 5.32 Å². The van der Waals surface area contributed by atoms with Crippen LogP contribution in [0.3, 0.4) is 0 Å². The molecule has 120 valence electrons. The Morgan fingerprint density at radius 1 is 1.18 bits per heavy atom. The van der Waals surface area contributed by atoms with E-state index in [0.717, 1.165) is 0 Å². The predicted octanol–water partition coefficient (Wildman–Crippen LogP) is 1.25. The van der Waals surface area contributed by atoms with Crippen molar-refractivity contribution in [1.29, 1.82) is 0 Å². The first-order chi connectivity index (χ1) is 10.2. The molecule has 6 nitrogen and oxygen atoms in total. The van der Waals surface area contributed by atoms with Gasteiger partial charge in [-0.25, -0.2) is 4.79 Å². The largest absolute Gasteiger partial charge is 0.481 e. The summed E-state index contributed by atoms with van der Waals surface area (Å²) in [5, 5.41) is 9.90. The average molecular weight is 319 g/mol. The number of carboxylic acid groups (broad SMARTS) is 1. The van der Waals surface area contributed by atoms with E-state index in [0.29, 0.717) is 5.56 Å². The topological polar surface area (TPSA) is 92.7 Å². The van der Waals surface area contributed by atoms with Crippen molar-refractivity contribution in [3.8, 4) is 0 Å². The molecular formula is C13H12F3NO5. The zero-order valence-electron chi connectivity index (χ0n) is 11.1. The van der Waals surface area contributed by atoms with Gasteiger partial charge in [-0.15, -0.1) is 0 Å². The molecule has 0 aliphatic heterocycles. The molecular weight excluding hydrogens is 307 g/mol. The van der Waals surface area contributed by atoms with Crippen LogP contribution in [0.5, 0.6) is 0 Å². The number of carboxylic acids is 1. The molecule has 2 N–H and O–H groups in total. The predicted molar refractivity (Wildman–Crippen MR) is 66.5 cm³/mol. The van der Waals surface area contributed by atoms with Crippen molar-refractivity contribution in [2.75, 3.05) is 0 Å². The number of benzene rings is 1. The highest BCUT2D eigenvalue weighted by atomic mass is 19.4. The zero-order chi connectivity index (χ0) is 16.8. The van der Waals surface area contributed by atoms with Crippen LogP contribution in [0.1, 0.15) is 12.0 Å². The zero-order valence-corrected chi connectivity index (χ0v) is 11.1. The first kappa shape index (κ1) is 17.5. The van der Waals surface area contributed by atoms with E-state index in [-0.39, 0.29) is 6.61 Å². The van der Waals surface area contributed by atoms with E-state index in [2.05, 4.69) is 0 Å². The highest BCUT2D eigenvalue weighted by molar-refractivity contribution is 5.89. The van der Waals surface area contributed by atoms with Gasteiger partial charge in [0.25, 0.3) is 0 Å². The van der Waals surface area contributed by atoms with Crippen LogP contribution in [0.2, 0.25) is 0 Å². The van der Waals surface area contributed by atoms with Gasteiger partial charge in [0, 0.05) is 0 Å². The first-order valence-corrected chi connectivity index (χ1v) is 6.00. The van der Waals surface area contributed by atoms with Crippen LogP contribution in [0.4, 0.5) is 13.2 Å². The van der Waals surface area contributed by atoms with Gasteiger partial charge in [0.15, 0.2) is 0 Å². The van der Waals surface area contributed by atoms with E-state index in [4.69, 9.17) is 9.84 Å². The molecule has 0 radical (unpaired) electrons. The number of hydrogen-bond acceptors (Lipinski definition) is 4. The Labute approximate surface area is 122 Å². The number of ether oxygens (including phenoxy) is 1. The lowest BCUT2D eigenvalue weighted by atomic mass is 10.2. The number of alkyl halides is 3. The van der Waals surface area contributed by atoms with Crippen molar-refractivity contribution in [2.24, 2.45) is 0 Å². The molecule has 22 heavy (non-hydrogen) atoms. The quantitative estimate of drug-likeness (QED) is 0.770. The minimum absolute atomic E-state index is 0.252. The normalized spacial score (nSPS) is 12.3. The van der Waals surface area contributed by atoms with Gasteiger partial charge in [-0.1, -0.05) is 30.3 Å². The second-order valence-electron chi connectivity index (χ2n) is 4.21. The van der Waals surface area contributed by atoms with Crippen LogP contribution in [0.25, 0.3) is 0 Å². The monoisotopic (exact) mass is 319 g/mol. The molecule has 1 amide bonds. The van der Waals surface area contributed by atoms with E-state index in [1.54, 1.807) is 30.3 Å². The van der Waals surface area contributed by atoms with E-state index >= 15 is 0 Å². The molecule has 0 saturated heterocycles. The molecule has 0 fully saturated rings. The van der Waals surface area contributed by atoms with Gasteiger partial charge in [0.1, 0.15) is 12.6 Å². The molecule has 1 rings (SSSR count). The molecule has 1 aromatic carbocycles. The fourth-order valence-corrected chi connectivity index (χ4v) is 1.44. The third kappa shape index (κ3) is 5.81. The van der Waals surface area contributed by atoms with Crippen LogP contribution in [-0.4, -0.2) is 35.2 Å². The van der Waals surface area contributed by atoms with Crippen molar-refractivity contribution in [3.63, 3.8) is 0 Å². The Balaban J connectivity index is 2.68. The lowest BCUT2D eigenvalue weighted by Gasteiger charge is -2.17. The smallest absolute Gasteiger partial charge is 0.471 e. The summed E-state index contributed by atoms with van der Waals surface area (Å²) in [7, 11) is 0. The number of hydrogen-bond donors (Lipinski definition) is 2. The standard InChI is InChI=1S/C13H12F3NO5/c14-13(15,16)12(21)17-9(6-10(18)19)11(20)22-7-8-4-2-1-3-5-8/h1-5,9H,6-7H2,(H,17,21)(H,18,19)/t9-/m0/s1. The molecule has 0 saturated carbocycles. The van der Waals surface area contributed by atoms with Crippen LogP contribution >= 0.6 is 0 Å². The van der Waals surface area contributed by atoms with Gasteiger partial charge < -0.3 is 15.2 Å². The number of esters is 1. The lowest BCUT2D eigenvalue weighted by Crippen LogP contribution is -2.48. The number of halogens is 3. The van der Waals surface area contributed by atoms with Gasteiger partial charge in [-0.05, 0) is 5.56 Å². The summed E-state index contributed by atoms with van der Waals surface area (Å²) in [6.45, 7) is -0.252. The molecule has 0 aromatic heterocycles. The number of aliphatic carboxylic acids is 1. The van der Waals surface area contributed by atoms with Gasteiger partial charge in [-0.2, -0.15) is 13.2 Å². The SMILES string of the molecule is O=C(O)C[C@H](NC(=O)C(F)(F)F)C(=O)OCc1ccccc1. The van der Waals surface area contributed by atoms with Crippen LogP contribution in [0.15, 0.2) is 30.3 Å². The molecule has 1 aromatic rings. The minimum atomic E-state index is -5.23. The lowest BCUT2D eigenvalue weighted by molar-refractivity contribution is -0.176. The molecule has 0 unspecified atom stereocenters. The summed E-state index contributed by atoms with van der Waals surface area (Å²) >= 11 is 0. The fourth-order valence-electron chi connectivity index (χ4n) is 1.44. The van der Waals surface area contributed by atoms with Crippen molar-refractivity contribution >= 4 is 17.8 Å². The first-order valence-electron chi connectivity index (χ1n) is 6.00. The average Bonchev–Trinajstić information content (AvgIpc) is 2.43. The van der Waals surface area contributed by atoms with Crippen molar-refractivity contribution < 1.29 is 37.4 Å². The van der Waals surface area contributed by atoms with Crippen LogP contribution < -0.4 is 5.32 Å². The summed E-state index contributed by atoms with van der Waals surface area (Å²) in [5.74, 6) is -5.22. The summed E-state index contributed by atoms with van der Waals surface area (Å²) in [6, 6.07) is 6.31. The molecule has 1 atom stereocenters. The minimum Gasteiger partial charge on any atom is -0.481 e. The molecule has 0 heterocycles. The highest BCUT2D eigenvalue weighted by Crippen LogP contribution is 2.15. The fraction of sp³-hybridized carbons (Fsp3) is 0.308. The molecule has 9 heteroatoms. The maximum atomic E-state index is 12.1. The Bertz CT molecular complexity index is 544. The second-order valence-corrected chi connectivity index (χ2v) is 4.21. The summed E-state index contributed by atoms with van der Waals surface area (Å²) < 4.78 is 41.2. The van der Waals surface area contributed by atoms with Gasteiger partial charge in [0.2, 0.25) is 0 Å². The highest BCUT2D eigenvalue weighted by Gasteiger charge is 2.41. The van der Waals surface area contributed by atoms with E-state index < -0.39 is 36.5 Å². The molecule has 0 bridgehead atoms. The summed E-state index contributed by atoms with van der Waals surface area (Å²) in [6.07, 6.45) is -6.24. The Morgan fingerprint density at radius 3 is 2.27 bits per heavy atom. The third-order valence-corrected chi connectivity index (χ3v) is 2.45. The number of carbonyl (C=O) groups excluding carboxylic acids is 2. The summed E-state index contributed by atoms with van der Waals surface area (Å²) in [5.41, 5.74) is 0.562. The second kappa shape index (κ2) is 7.43. The van der Waals surface area contributed by atoms with E-state index in [1.165, 1.54) is 5.32 Å². The third-order valence-electron chi connectivity index (χ3n) is 2.45. The van der Waals surface area contributed by atoms with E-state index in [1.807, 2.05) is 0 Å². The van der Waals surface area contributed by atoms with Gasteiger partial charge in [-0.3, -0.25) is 9.59 Å². The Hall–Kier alpha value is -2.58. The number of carbonyl (C=O) groups is 3.